The van der Waals surface area contributed by atoms with Crippen molar-refractivity contribution in [2.45, 2.75) is 44.9 Å². The summed E-state index contributed by atoms with van der Waals surface area (Å²) >= 11 is 0. The zero-order chi connectivity index (χ0) is 14.7. The first-order chi connectivity index (χ1) is 10.1. The minimum atomic E-state index is -0.0302. The van der Waals surface area contributed by atoms with Crippen molar-refractivity contribution in [3.8, 4) is 5.69 Å². The Hall–Kier alpha value is -1.72. The van der Waals surface area contributed by atoms with Crippen LogP contribution in [-0.2, 0) is 11.3 Å². The van der Waals surface area contributed by atoms with Crippen LogP contribution in [0.4, 0.5) is 0 Å². The predicted molar refractivity (Wildman–Crippen MR) is 81.3 cm³/mol. The van der Waals surface area contributed by atoms with Gasteiger partial charge in [0.15, 0.2) is 0 Å². The van der Waals surface area contributed by atoms with Gasteiger partial charge in [0.2, 0.25) is 0 Å². The van der Waals surface area contributed by atoms with Crippen LogP contribution in [0.5, 0.6) is 0 Å². The molecule has 0 saturated carbocycles. The summed E-state index contributed by atoms with van der Waals surface area (Å²) in [7, 11) is 0. The quantitative estimate of drug-likeness (QED) is 0.937. The Kier molecular flexibility index (Phi) is 4.03. The second kappa shape index (κ2) is 5.95. The fourth-order valence-electron chi connectivity index (χ4n) is 2.72. The van der Waals surface area contributed by atoms with Crippen molar-refractivity contribution in [1.29, 1.82) is 0 Å². The maximum absolute atomic E-state index is 5.74. The van der Waals surface area contributed by atoms with E-state index in [-0.39, 0.29) is 5.60 Å². The molecule has 1 aliphatic rings. The number of hydrogen-bond donors (Lipinski definition) is 1. The van der Waals surface area contributed by atoms with Crippen LogP contribution in [0.25, 0.3) is 5.69 Å². The second-order valence-electron chi connectivity index (χ2n) is 6.14. The van der Waals surface area contributed by atoms with Gasteiger partial charge in [-0.15, -0.1) is 0 Å². The van der Waals surface area contributed by atoms with E-state index in [4.69, 9.17) is 4.74 Å². The number of para-hydroxylation sites is 1. The Balaban J connectivity index is 1.58. The molecule has 0 radical (unpaired) electrons. The fraction of sp³-hybridized carbons (Fsp3) is 0.500. The predicted octanol–water partition coefficient (Wildman–Crippen LogP) is 2.31. The first kappa shape index (κ1) is 14.2. The average Bonchev–Trinajstić information content (AvgIpc) is 2.94. The lowest BCUT2D eigenvalue weighted by molar-refractivity contribution is -0.0631. The topological polar surface area (TPSA) is 52.0 Å². The maximum atomic E-state index is 5.74. The van der Waals surface area contributed by atoms with E-state index in [9.17, 15) is 0 Å². The number of aromatic nitrogens is 3. The number of nitrogens with one attached hydrogen (secondary N) is 1. The van der Waals surface area contributed by atoms with Crippen molar-refractivity contribution in [2.75, 3.05) is 6.61 Å². The third-order valence-corrected chi connectivity index (χ3v) is 3.80. The van der Waals surface area contributed by atoms with E-state index in [1.165, 1.54) is 0 Å². The molecule has 0 bridgehead atoms. The zero-order valence-corrected chi connectivity index (χ0v) is 12.6. The summed E-state index contributed by atoms with van der Waals surface area (Å²) in [5.74, 6) is 0. The summed E-state index contributed by atoms with van der Waals surface area (Å²) < 4.78 is 5.74. The number of ether oxygens (including phenoxy) is 1. The normalized spacial score (nSPS) is 21.3. The molecule has 5 nitrogen and oxygen atoms in total. The standard InChI is InChI=1S/C16H22N4O/c1-16(2)10-13(8-9-21-16)17-11-14-12-18-20(19-14)15-6-4-3-5-7-15/h3-7,12-13,17H,8-11H2,1-2H3. The van der Waals surface area contributed by atoms with Crippen LogP contribution in [0.1, 0.15) is 32.4 Å². The Morgan fingerprint density at radius 2 is 2.14 bits per heavy atom. The highest BCUT2D eigenvalue weighted by Crippen LogP contribution is 2.24. The van der Waals surface area contributed by atoms with Crippen molar-refractivity contribution >= 4 is 0 Å². The molecule has 1 unspecified atom stereocenters. The average molecular weight is 286 g/mol. The molecule has 1 N–H and O–H groups in total. The van der Waals surface area contributed by atoms with Gasteiger partial charge < -0.3 is 10.1 Å². The van der Waals surface area contributed by atoms with Gasteiger partial charge in [-0.05, 0) is 38.8 Å². The van der Waals surface area contributed by atoms with Gasteiger partial charge in [-0.25, -0.2) is 0 Å². The first-order valence-corrected chi connectivity index (χ1v) is 7.46. The molecule has 1 saturated heterocycles. The Labute approximate surface area is 125 Å². The molecule has 1 atom stereocenters. The molecular formula is C16H22N4O. The molecule has 21 heavy (non-hydrogen) atoms. The summed E-state index contributed by atoms with van der Waals surface area (Å²) in [4.78, 5) is 1.67. The van der Waals surface area contributed by atoms with Gasteiger partial charge in [-0.2, -0.15) is 15.0 Å². The minimum absolute atomic E-state index is 0.0302. The van der Waals surface area contributed by atoms with Gasteiger partial charge >= 0.3 is 0 Å². The van der Waals surface area contributed by atoms with E-state index in [2.05, 4.69) is 29.4 Å². The minimum Gasteiger partial charge on any atom is -0.375 e. The van der Waals surface area contributed by atoms with Gasteiger partial charge in [0.05, 0.1) is 23.2 Å². The maximum Gasteiger partial charge on any atom is 0.0969 e. The molecule has 1 aliphatic heterocycles. The monoisotopic (exact) mass is 286 g/mol. The smallest absolute Gasteiger partial charge is 0.0969 e. The summed E-state index contributed by atoms with van der Waals surface area (Å²) in [6, 6.07) is 10.4. The molecule has 0 spiro atoms. The van der Waals surface area contributed by atoms with E-state index < -0.39 is 0 Å². The summed E-state index contributed by atoms with van der Waals surface area (Å²) in [5.41, 5.74) is 1.91. The largest absolute Gasteiger partial charge is 0.375 e. The molecule has 0 amide bonds. The lowest BCUT2D eigenvalue weighted by Crippen LogP contribution is -2.43. The number of hydrogen-bond acceptors (Lipinski definition) is 4. The Morgan fingerprint density at radius 1 is 1.33 bits per heavy atom. The van der Waals surface area contributed by atoms with Crippen LogP contribution in [0, 0.1) is 0 Å². The third kappa shape index (κ3) is 3.68. The molecule has 0 aliphatic carbocycles. The summed E-state index contributed by atoms with van der Waals surface area (Å²) in [6.45, 7) is 5.86. The van der Waals surface area contributed by atoms with Gasteiger partial charge in [-0.3, -0.25) is 0 Å². The van der Waals surface area contributed by atoms with Crippen molar-refractivity contribution < 1.29 is 4.74 Å². The summed E-state index contributed by atoms with van der Waals surface area (Å²) in [6.07, 6.45) is 3.90. The number of benzene rings is 1. The SMILES string of the molecule is CC1(C)CC(NCc2cnn(-c3ccccc3)n2)CCO1. The Morgan fingerprint density at radius 3 is 2.90 bits per heavy atom. The molecule has 2 heterocycles. The van der Waals surface area contributed by atoms with Crippen molar-refractivity contribution in [3.63, 3.8) is 0 Å². The zero-order valence-electron chi connectivity index (χ0n) is 12.6. The highest BCUT2D eigenvalue weighted by Gasteiger charge is 2.28. The summed E-state index contributed by atoms with van der Waals surface area (Å²) in [5, 5.41) is 12.4. The molecule has 5 heteroatoms. The van der Waals surface area contributed by atoms with Crippen LogP contribution >= 0.6 is 0 Å². The second-order valence-corrected chi connectivity index (χ2v) is 6.14. The van der Waals surface area contributed by atoms with Crippen LogP contribution in [0.2, 0.25) is 0 Å². The van der Waals surface area contributed by atoms with Crippen molar-refractivity contribution in [1.82, 2.24) is 20.3 Å². The molecule has 3 rings (SSSR count). The third-order valence-electron chi connectivity index (χ3n) is 3.80. The van der Waals surface area contributed by atoms with Gasteiger partial charge in [0.25, 0.3) is 0 Å². The van der Waals surface area contributed by atoms with Gasteiger partial charge in [-0.1, -0.05) is 18.2 Å². The lowest BCUT2D eigenvalue weighted by atomic mass is 9.94. The van der Waals surface area contributed by atoms with Crippen molar-refractivity contribution in [2.24, 2.45) is 0 Å². The van der Waals surface area contributed by atoms with Crippen LogP contribution in [0.15, 0.2) is 36.5 Å². The lowest BCUT2D eigenvalue weighted by Gasteiger charge is -2.35. The van der Waals surface area contributed by atoms with E-state index in [1.807, 2.05) is 36.5 Å². The molecule has 1 fully saturated rings. The highest BCUT2D eigenvalue weighted by atomic mass is 16.5. The van der Waals surface area contributed by atoms with Crippen LogP contribution in [-0.4, -0.2) is 33.2 Å². The van der Waals surface area contributed by atoms with Crippen molar-refractivity contribution in [3.05, 3.63) is 42.2 Å². The van der Waals surface area contributed by atoms with E-state index >= 15 is 0 Å². The molecular weight excluding hydrogens is 264 g/mol. The van der Waals surface area contributed by atoms with Crippen LogP contribution in [0.3, 0.4) is 0 Å². The Bertz CT molecular complexity index is 579. The van der Waals surface area contributed by atoms with Gasteiger partial charge in [0, 0.05) is 19.2 Å². The number of rotatable bonds is 4. The van der Waals surface area contributed by atoms with Crippen LogP contribution < -0.4 is 5.32 Å². The highest BCUT2D eigenvalue weighted by molar-refractivity contribution is 5.28. The van der Waals surface area contributed by atoms with E-state index in [0.29, 0.717) is 6.04 Å². The number of nitrogens with zero attached hydrogens (tertiary/aromatic N) is 3. The molecule has 112 valence electrons. The van der Waals surface area contributed by atoms with E-state index in [1.54, 1.807) is 4.80 Å². The molecule has 1 aromatic heterocycles. The first-order valence-electron chi connectivity index (χ1n) is 7.46. The van der Waals surface area contributed by atoms with E-state index in [0.717, 1.165) is 37.4 Å². The fourth-order valence-corrected chi connectivity index (χ4v) is 2.72. The molecule has 1 aromatic carbocycles. The van der Waals surface area contributed by atoms with Gasteiger partial charge in [0.1, 0.15) is 0 Å². The molecule has 2 aromatic rings.